The zero-order chi connectivity index (χ0) is 11.7. The molecule has 1 amide bonds. The van der Waals surface area contributed by atoms with E-state index in [2.05, 4.69) is 6.26 Å². The molecule has 3 nitrogen and oxygen atoms in total. The standard InChI is InChI=1S/C11H21NO2S/c1-11(2,3)12(10(13)14)7-5-9(15-4)6-8-12/h9H,5-8H2,1-4H3. The molecule has 1 heterocycles. The van der Waals surface area contributed by atoms with Gasteiger partial charge in [0.05, 0.1) is 18.6 Å². The molecule has 0 radical (unpaired) electrons. The van der Waals surface area contributed by atoms with E-state index in [1.54, 1.807) is 0 Å². The van der Waals surface area contributed by atoms with E-state index in [0.29, 0.717) is 18.3 Å². The number of thioether (sulfide) groups is 1. The molecule has 0 unspecified atom stereocenters. The maximum absolute atomic E-state index is 11.4. The first-order valence-corrected chi connectivity index (χ1v) is 6.74. The number of carboxylic acid groups (broad SMARTS) is 1. The van der Waals surface area contributed by atoms with E-state index in [1.165, 1.54) is 0 Å². The quantitative estimate of drug-likeness (QED) is 0.642. The monoisotopic (exact) mass is 231 g/mol. The van der Waals surface area contributed by atoms with Gasteiger partial charge in [-0.3, -0.25) is 4.48 Å². The Hall–Kier alpha value is -0.220. The molecule has 1 rings (SSSR count). The summed E-state index contributed by atoms with van der Waals surface area (Å²) < 4.78 is 0.115. The van der Waals surface area contributed by atoms with E-state index in [9.17, 15) is 9.90 Å². The van der Waals surface area contributed by atoms with Crippen LogP contribution in [-0.4, -0.2) is 40.7 Å². The Morgan fingerprint density at radius 3 is 2.07 bits per heavy atom. The van der Waals surface area contributed by atoms with E-state index in [4.69, 9.17) is 0 Å². The van der Waals surface area contributed by atoms with E-state index in [0.717, 1.165) is 12.8 Å². The highest BCUT2D eigenvalue weighted by Crippen LogP contribution is 2.33. The lowest BCUT2D eigenvalue weighted by Crippen LogP contribution is -2.70. The van der Waals surface area contributed by atoms with Gasteiger partial charge in [0, 0.05) is 18.1 Å². The number of likely N-dealkylation sites (tertiary alicyclic amines) is 1. The van der Waals surface area contributed by atoms with Crippen molar-refractivity contribution in [2.45, 2.75) is 44.4 Å². The molecule has 0 spiro atoms. The molecule has 1 aliphatic heterocycles. The second-order valence-electron chi connectivity index (χ2n) is 5.29. The van der Waals surface area contributed by atoms with Crippen LogP contribution in [0.2, 0.25) is 0 Å². The number of rotatable bonds is 1. The number of piperidine rings is 1. The zero-order valence-electron chi connectivity index (χ0n) is 10.1. The van der Waals surface area contributed by atoms with Crippen LogP contribution in [0.25, 0.3) is 0 Å². The summed E-state index contributed by atoms with van der Waals surface area (Å²) in [4.78, 5) is 11.4. The predicted molar refractivity (Wildman–Crippen MR) is 61.7 cm³/mol. The number of carbonyl (C=O) groups excluding carboxylic acids is 1. The highest BCUT2D eigenvalue weighted by Gasteiger charge is 2.45. The van der Waals surface area contributed by atoms with Crippen molar-refractivity contribution < 1.29 is 14.4 Å². The Morgan fingerprint density at radius 1 is 1.33 bits per heavy atom. The topological polar surface area (TPSA) is 40.1 Å². The van der Waals surface area contributed by atoms with Crippen molar-refractivity contribution in [1.29, 1.82) is 0 Å². The van der Waals surface area contributed by atoms with Crippen molar-refractivity contribution in [1.82, 2.24) is 0 Å². The number of nitrogens with zero attached hydrogens (tertiary/aromatic N) is 1. The summed E-state index contributed by atoms with van der Waals surface area (Å²) in [6, 6.07) is 0. The molecule has 0 saturated carbocycles. The Morgan fingerprint density at radius 2 is 1.80 bits per heavy atom. The third-order valence-electron chi connectivity index (χ3n) is 3.63. The minimum Gasteiger partial charge on any atom is -0.498 e. The number of amides is 1. The molecule has 0 aromatic heterocycles. The molecule has 4 heteroatoms. The number of hydrogen-bond acceptors (Lipinski definition) is 3. The Balaban J connectivity index is 2.84. The minimum atomic E-state index is -0.915. The van der Waals surface area contributed by atoms with Crippen molar-refractivity contribution in [3.8, 4) is 0 Å². The third-order valence-corrected chi connectivity index (χ3v) is 4.77. The molecule has 0 aromatic rings. The molecule has 0 N–H and O–H groups in total. The van der Waals surface area contributed by atoms with Crippen molar-refractivity contribution in [3.63, 3.8) is 0 Å². The summed E-state index contributed by atoms with van der Waals surface area (Å²) >= 11 is 1.85. The maximum atomic E-state index is 11.4. The molecule has 1 saturated heterocycles. The van der Waals surface area contributed by atoms with Gasteiger partial charge in [-0.2, -0.15) is 11.8 Å². The van der Waals surface area contributed by atoms with Gasteiger partial charge in [0.15, 0.2) is 0 Å². The molecule has 88 valence electrons. The van der Waals surface area contributed by atoms with Gasteiger partial charge in [-0.25, -0.2) is 0 Å². The zero-order valence-corrected chi connectivity index (χ0v) is 10.9. The van der Waals surface area contributed by atoms with E-state index >= 15 is 0 Å². The first-order valence-electron chi connectivity index (χ1n) is 5.45. The number of hydrogen-bond donors (Lipinski definition) is 0. The van der Waals surface area contributed by atoms with Crippen molar-refractivity contribution in [2.75, 3.05) is 19.3 Å². The van der Waals surface area contributed by atoms with Gasteiger partial charge in [-0.1, -0.05) is 0 Å². The maximum Gasteiger partial charge on any atom is 0.257 e. The minimum absolute atomic E-state index is 0.115. The molecule has 0 bridgehead atoms. The van der Waals surface area contributed by atoms with Gasteiger partial charge in [-0.15, -0.1) is 0 Å². The average molecular weight is 231 g/mol. The smallest absolute Gasteiger partial charge is 0.257 e. The largest absolute Gasteiger partial charge is 0.498 e. The second kappa shape index (κ2) is 4.34. The Bertz CT molecular complexity index is 239. The van der Waals surface area contributed by atoms with Crippen LogP contribution >= 0.6 is 11.8 Å². The normalized spacial score (nSPS) is 32.7. The number of quaternary nitrogens is 1. The molecular formula is C11H21NO2S. The summed E-state index contributed by atoms with van der Waals surface area (Å²) in [6.07, 6.45) is 3.14. The van der Waals surface area contributed by atoms with Crippen LogP contribution in [0.1, 0.15) is 33.6 Å². The summed E-state index contributed by atoms with van der Waals surface area (Å²) in [5, 5.41) is 12.0. The second-order valence-corrected chi connectivity index (χ2v) is 6.42. The van der Waals surface area contributed by atoms with Crippen molar-refractivity contribution in [3.05, 3.63) is 0 Å². The van der Waals surface area contributed by atoms with E-state index in [-0.39, 0.29) is 10.0 Å². The third kappa shape index (κ3) is 2.31. The average Bonchev–Trinajstić information content (AvgIpc) is 2.16. The van der Waals surface area contributed by atoms with Crippen LogP contribution in [0.15, 0.2) is 0 Å². The highest BCUT2D eigenvalue weighted by molar-refractivity contribution is 7.99. The van der Waals surface area contributed by atoms with Crippen LogP contribution in [-0.2, 0) is 0 Å². The van der Waals surface area contributed by atoms with Gasteiger partial charge in [-0.05, 0) is 27.0 Å². The van der Waals surface area contributed by atoms with E-state index in [1.807, 2.05) is 32.5 Å². The van der Waals surface area contributed by atoms with Gasteiger partial charge < -0.3 is 9.90 Å². The van der Waals surface area contributed by atoms with Crippen molar-refractivity contribution in [2.24, 2.45) is 0 Å². The fourth-order valence-electron chi connectivity index (χ4n) is 2.35. The molecular weight excluding hydrogens is 210 g/mol. The summed E-state index contributed by atoms with van der Waals surface area (Å²) in [5.41, 5.74) is -0.262. The van der Waals surface area contributed by atoms with Crippen LogP contribution in [0.5, 0.6) is 0 Å². The SMILES string of the molecule is CSC1CC[N+](C(=O)[O-])(C(C)(C)C)CC1. The lowest BCUT2D eigenvalue weighted by Gasteiger charge is -2.51. The summed E-state index contributed by atoms with van der Waals surface area (Å²) in [5.74, 6) is 0. The van der Waals surface area contributed by atoms with Gasteiger partial charge in [0.25, 0.3) is 6.09 Å². The molecule has 0 atom stereocenters. The predicted octanol–water partition coefficient (Wildman–Crippen LogP) is 1.47. The lowest BCUT2D eigenvalue weighted by atomic mass is 9.96. The Kier molecular flexibility index (Phi) is 3.71. The van der Waals surface area contributed by atoms with Crippen LogP contribution in [0, 0.1) is 0 Å². The summed E-state index contributed by atoms with van der Waals surface area (Å²) in [6.45, 7) is 7.38. The first-order chi connectivity index (χ1) is 6.83. The summed E-state index contributed by atoms with van der Waals surface area (Å²) in [7, 11) is 0. The van der Waals surface area contributed by atoms with Crippen LogP contribution in [0.3, 0.4) is 0 Å². The molecule has 15 heavy (non-hydrogen) atoms. The van der Waals surface area contributed by atoms with E-state index < -0.39 is 6.09 Å². The molecule has 0 aromatic carbocycles. The fraction of sp³-hybridized carbons (Fsp3) is 0.909. The fourth-order valence-corrected chi connectivity index (χ4v) is 3.03. The number of carbonyl (C=O) groups is 1. The Labute approximate surface area is 96.4 Å². The van der Waals surface area contributed by atoms with Gasteiger partial charge in [0.2, 0.25) is 0 Å². The lowest BCUT2D eigenvalue weighted by molar-refractivity contribution is -0.923. The van der Waals surface area contributed by atoms with Crippen LogP contribution < -0.4 is 5.11 Å². The van der Waals surface area contributed by atoms with Crippen LogP contribution in [0.4, 0.5) is 4.79 Å². The van der Waals surface area contributed by atoms with Gasteiger partial charge in [0.1, 0.15) is 0 Å². The first kappa shape index (κ1) is 12.8. The van der Waals surface area contributed by atoms with Crippen molar-refractivity contribution >= 4 is 17.9 Å². The highest BCUT2D eigenvalue weighted by atomic mass is 32.2. The molecule has 0 aliphatic carbocycles. The molecule has 1 aliphatic rings. The van der Waals surface area contributed by atoms with Gasteiger partial charge >= 0.3 is 0 Å². The molecule has 1 fully saturated rings.